The molecule has 0 aromatic heterocycles. The van der Waals surface area contributed by atoms with Gasteiger partial charge in [-0.05, 0) is 18.9 Å². The molecule has 0 saturated carbocycles. The highest BCUT2D eigenvalue weighted by atomic mass is 16.2. The molecule has 1 heterocycles. The topological polar surface area (TPSA) is 32.3 Å². The van der Waals surface area contributed by atoms with Crippen molar-refractivity contribution < 1.29 is 4.79 Å². The lowest BCUT2D eigenvalue weighted by molar-refractivity contribution is -0.133. The van der Waals surface area contributed by atoms with Gasteiger partial charge in [0.25, 0.3) is 0 Å². The average molecular weight is 246 g/mol. The largest absolute Gasteiger partial charge is 0.337 e. The molecule has 0 unspecified atom stereocenters. The van der Waals surface area contributed by atoms with Crippen molar-refractivity contribution in [2.45, 2.75) is 32.7 Å². The molecule has 1 saturated heterocycles. The number of carbonyl (C=O) groups excluding carboxylic acids is 1. The highest BCUT2D eigenvalue weighted by Gasteiger charge is 2.27. The van der Waals surface area contributed by atoms with E-state index >= 15 is 0 Å². The standard InChI is InChI=1S/C15H22N2O/c1-3-8-17(14-10-16-11-14)15(18)9-13-6-4-12(2)5-7-13/h4-7,14,16H,3,8-11H2,1-2H3. The first-order valence-corrected chi connectivity index (χ1v) is 6.76. The van der Waals surface area contributed by atoms with Crippen molar-refractivity contribution in [1.29, 1.82) is 0 Å². The molecule has 1 N–H and O–H groups in total. The Morgan fingerprint density at radius 3 is 2.50 bits per heavy atom. The number of benzene rings is 1. The number of carbonyl (C=O) groups is 1. The van der Waals surface area contributed by atoms with E-state index in [9.17, 15) is 4.79 Å². The van der Waals surface area contributed by atoms with E-state index in [2.05, 4.69) is 43.4 Å². The lowest BCUT2D eigenvalue weighted by Crippen LogP contribution is -2.59. The van der Waals surface area contributed by atoms with Crippen molar-refractivity contribution >= 4 is 5.91 Å². The summed E-state index contributed by atoms with van der Waals surface area (Å²) in [6.45, 7) is 6.95. The first kappa shape index (κ1) is 13.1. The molecular formula is C15H22N2O. The van der Waals surface area contributed by atoms with Crippen LogP contribution in [0.25, 0.3) is 0 Å². The smallest absolute Gasteiger partial charge is 0.227 e. The molecule has 1 fully saturated rings. The Bertz CT molecular complexity index is 395. The predicted octanol–water partition coefficient (Wildman–Crippen LogP) is 1.75. The number of amides is 1. The van der Waals surface area contributed by atoms with Crippen molar-refractivity contribution in [3.8, 4) is 0 Å². The summed E-state index contributed by atoms with van der Waals surface area (Å²) in [6.07, 6.45) is 1.55. The van der Waals surface area contributed by atoms with Crippen LogP contribution in [-0.2, 0) is 11.2 Å². The third-order valence-electron chi connectivity index (χ3n) is 3.46. The van der Waals surface area contributed by atoms with Crippen molar-refractivity contribution in [3.63, 3.8) is 0 Å². The number of nitrogens with zero attached hydrogens (tertiary/aromatic N) is 1. The maximum atomic E-state index is 12.3. The quantitative estimate of drug-likeness (QED) is 0.858. The maximum Gasteiger partial charge on any atom is 0.227 e. The lowest BCUT2D eigenvalue weighted by Gasteiger charge is -2.38. The van der Waals surface area contributed by atoms with Crippen LogP contribution in [-0.4, -0.2) is 36.5 Å². The third-order valence-corrected chi connectivity index (χ3v) is 3.46. The highest BCUT2D eigenvalue weighted by Crippen LogP contribution is 2.11. The predicted molar refractivity (Wildman–Crippen MR) is 73.5 cm³/mol. The number of hydrogen-bond donors (Lipinski definition) is 1. The van der Waals surface area contributed by atoms with Crippen molar-refractivity contribution in [3.05, 3.63) is 35.4 Å². The van der Waals surface area contributed by atoms with Crippen LogP contribution in [0.3, 0.4) is 0 Å². The van der Waals surface area contributed by atoms with E-state index in [1.54, 1.807) is 0 Å². The molecular weight excluding hydrogens is 224 g/mol. The zero-order chi connectivity index (χ0) is 13.0. The van der Waals surface area contributed by atoms with Crippen LogP contribution in [0.4, 0.5) is 0 Å². The van der Waals surface area contributed by atoms with Gasteiger partial charge in [-0.1, -0.05) is 36.8 Å². The molecule has 98 valence electrons. The second kappa shape index (κ2) is 6.01. The summed E-state index contributed by atoms with van der Waals surface area (Å²) in [7, 11) is 0. The van der Waals surface area contributed by atoms with Gasteiger partial charge >= 0.3 is 0 Å². The minimum Gasteiger partial charge on any atom is -0.337 e. The van der Waals surface area contributed by atoms with E-state index in [1.807, 2.05) is 4.90 Å². The first-order chi connectivity index (χ1) is 8.70. The number of hydrogen-bond acceptors (Lipinski definition) is 2. The summed E-state index contributed by atoms with van der Waals surface area (Å²) in [6, 6.07) is 8.64. The molecule has 0 aliphatic carbocycles. The molecule has 1 aromatic rings. The van der Waals surface area contributed by atoms with Gasteiger partial charge in [-0.25, -0.2) is 0 Å². The summed E-state index contributed by atoms with van der Waals surface area (Å²) < 4.78 is 0. The molecule has 1 amide bonds. The van der Waals surface area contributed by atoms with Crippen LogP contribution < -0.4 is 5.32 Å². The molecule has 0 bridgehead atoms. The molecule has 3 heteroatoms. The van der Waals surface area contributed by atoms with Gasteiger partial charge in [0.05, 0.1) is 12.5 Å². The Balaban J connectivity index is 1.97. The van der Waals surface area contributed by atoms with E-state index in [0.717, 1.165) is 31.6 Å². The van der Waals surface area contributed by atoms with Gasteiger partial charge in [-0.3, -0.25) is 4.79 Å². The van der Waals surface area contributed by atoms with Crippen LogP contribution in [0, 0.1) is 6.92 Å². The van der Waals surface area contributed by atoms with E-state index in [4.69, 9.17) is 0 Å². The van der Waals surface area contributed by atoms with Gasteiger partial charge in [0, 0.05) is 19.6 Å². The molecule has 0 spiro atoms. The van der Waals surface area contributed by atoms with Crippen molar-refractivity contribution in [1.82, 2.24) is 10.2 Å². The van der Waals surface area contributed by atoms with Gasteiger partial charge < -0.3 is 10.2 Å². The minimum absolute atomic E-state index is 0.257. The fourth-order valence-corrected chi connectivity index (χ4v) is 2.23. The van der Waals surface area contributed by atoms with E-state index in [1.165, 1.54) is 5.56 Å². The lowest BCUT2D eigenvalue weighted by atomic mass is 10.1. The zero-order valence-electron chi connectivity index (χ0n) is 11.3. The number of nitrogens with one attached hydrogen (secondary N) is 1. The van der Waals surface area contributed by atoms with Crippen LogP contribution >= 0.6 is 0 Å². The van der Waals surface area contributed by atoms with Crippen LogP contribution in [0.1, 0.15) is 24.5 Å². The van der Waals surface area contributed by atoms with Crippen molar-refractivity contribution in [2.24, 2.45) is 0 Å². The molecule has 18 heavy (non-hydrogen) atoms. The molecule has 1 aliphatic heterocycles. The summed E-state index contributed by atoms with van der Waals surface area (Å²) in [5, 5.41) is 3.23. The van der Waals surface area contributed by atoms with E-state index in [-0.39, 0.29) is 5.91 Å². The van der Waals surface area contributed by atoms with Crippen LogP contribution in [0.5, 0.6) is 0 Å². The fourth-order valence-electron chi connectivity index (χ4n) is 2.23. The second-order valence-corrected chi connectivity index (χ2v) is 5.06. The molecule has 0 radical (unpaired) electrons. The summed E-state index contributed by atoms with van der Waals surface area (Å²) in [5.74, 6) is 0.257. The number of aryl methyl sites for hydroxylation is 1. The van der Waals surface area contributed by atoms with Crippen LogP contribution in [0.15, 0.2) is 24.3 Å². The summed E-state index contributed by atoms with van der Waals surface area (Å²) in [4.78, 5) is 14.4. The zero-order valence-corrected chi connectivity index (χ0v) is 11.3. The van der Waals surface area contributed by atoms with Crippen LogP contribution in [0.2, 0.25) is 0 Å². The average Bonchev–Trinajstić information content (AvgIpc) is 2.29. The van der Waals surface area contributed by atoms with E-state index < -0.39 is 0 Å². The number of rotatable bonds is 5. The monoisotopic (exact) mass is 246 g/mol. The third kappa shape index (κ3) is 3.10. The normalized spacial score (nSPS) is 15.2. The van der Waals surface area contributed by atoms with Gasteiger partial charge in [0.15, 0.2) is 0 Å². The second-order valence-electron chi connectivity index (χ2n) is 5.06. The molecule has 2 rings (SSSR count). The Morgan fingerprint density at radius 1 is 1.33 bits per heavy atom. The highest BCUT2D eigenvalue weighted by molar-refractivity contribution is 5.79. The van der Waals surface area contributed by atoms with Gasteiger partial charge in [0.1, 0.15) is 0 Å². The molecule has 3 nitrogen and oxygen atoms in total. The SMILES string of the molecule is CCCN(C(=O)Cc1ccc(C)cc1)C1CNC1. The molecule has 1 aliphatic rings. The molecule has 1 aromatic carbocycles. The fraction of sp³-hybridized carbons (Fsp3) is 0.533. The maximum absolute atomic E-state index is 12.3. The van der Waals surface area contributed by atoms with E-state index in [0.29, 0.717) is 12.5 Å². The molecule has 0 atom stereocenters. The van der Waals surface area contributed by atoms with Gasteiger partial charge in [-0.15, -0.1) is 0 Å². The Labute approximate surface area is 109 Å². The minimum atomic E-state index is 0.257. The Morgan fingerprint density at radius 2 is 2.00 bits per heavy atom. The Kier molecular flexibility index (Phi) is 4.37. The van der Waals surface area contributed by atoms with Gasteiger partial charge in [-0.2, -0.15) is 0 Å². The summed E-state index contributed by atoms with van der Waals surface area (Å²) in [5.41, 5.74) is 2.35. The van der Waals surface area contributed by atoms with Crippen molar-refractivity contribution in [2.75, 3.05) is 19.6 Å². The first-order valence-electron chi connectivity index (χ1n) is 6.76. The summed E-state index contributed by atoms with van der Waals surface area (Å²) >= 11 is 0. The Hall–Kier alpha value is -1.35. The van der Waals surface area contributed by atoms with Gasteiger partial charge in [0.2, 0.25) is 5.91 Å².